The Morgan fingerprint density at radius 1 is 1.40 bits per heavy atom. The van der Waals surface area contributed by atoms with Crippen LogP contribution in [0.5, 0.6) is 0 Å². The number of amides is 1. The third-order valence-corrected chi connectivity index (χ3v) is 2.79. The fourth-order valence-electron chi connectivity index (χ4n) is 0.958. The van der Waals surface area contributed by atoms with Crippen molar-refractivity contribution in [2.24, 2.45) is 5.92 Å². The summed E-state index contributed by atoms with van der Waals surface area (Å²) in [7, 11) is 0. The second-order valence-corrected chi connectivity index (χ2v) is 4.78. The van der Waals surface area contributed by atoms with E-state index in [1.807, 2.05) is 13.0 Å². The Kier molecular flexibility index (Phi) is 4.27. The van der Waals surface area contributed by atoms with Crippen molar-refractivity contribution in [1.29, 1.82) is 0 Å². The van der Waals surface area contributed by atoms with Crippen molar-refractivity contribution in [3.05, 3.63) is 28.5 Å². The molecule has 0 aliphatic heterocycles. The lowest BCUT2D eigenvalue weighted by molar-refractivity contribution is 0.0925. The van der Waals surface area contributed by atoms with Crippen LogP contribution in [0.25, 0.3) is 0 Å². The van der Waals surface area contributed by atoms with Gasteiger partial charge in [-0.15, -0.1) is 0 Å². The van der Waals surface area contributed by atoms with Gasteiger partial charge in [0.1, 0.15) is 5.69 Å². The molecule has 1 aromatic heterocycles. The molecule has 3 nitrogen and oxygen atoms in total. The highest BCUT2D eigenvalue weighted by Gasteiger charge is 2.12. The second kappa shape index (κ2) is 5.26. The molecule has 1 heterocycles. The minimum atomic E-state index is -0.122. The molecule has 82 valence electrons. The molecule has 0 aliphatic rings. The minimum Gasteiger partial charge on any atom is -0.348 e. The molecular formula is C11H15BrN2O. The second-order valence-electron chi connectivity index (χ2n) is 3.87. The Balaban J connectivity index is 2.65. The van der Waals surface area contributed by atoms with E-state index in [0.29, 0.717) is 11.6 Å². The van der Waals surface area contributed by atoms with Gasteiger partial charge in [0.2, 0.25) is 0 Å². The maximum atomic E-state index is 11.7. The summed E-state index contributed by atoms with van der Waals surface area (Å²) in [4.78, 5) is 15.7. The molecule has 1 amide bonds. The van der Waals surface area contributed by atoms with Gasteiger partial charge in [-0.2, -0.15) is 0 Å². The summed E-state index contributed by atoms with van der Waals surface area (Å²) >= 11 is 3.27. The molecule has 1 unspecified atom stereocenters. The molecule has 0 fully saturated rings. The van der Waals surface area contributed by atoms with Gasteiger partial charge in [0, 0.05) is 16.7 Å². The zero-order valence-electron chi connectivity index (χ0n) is 9.12. The Morgan fingerprint density at radius 2 is 2.07 bits per heavy atom. The van der Waals surface area contributed by atoms with Crippen molar-refractivity contribution in [3.8, 4) is 0 Å². The van der Waals surface area contributed by atoms with Crippen molar-refractivity contribution in [1.82, 2.24) is 10.3 Å². The Bertz CT molecular complexity index is 335. The van der Waals surface area contributed by atoms with E-state index in [2.05, 4.69) is 40.1 Å². The van der Waals surface area contributed by atoms with Gasteiger partial charge in [-0.05, 0) is 40.9 Å². The van der Waals surface area contributed by atoms with E-state index in [9.17, 15) is 4.79 Å². The van der Waals surface area contributed by atoms with Gasteiger partial charge < -0.3 is 5.32 Å². The number of pyridine rings is 1. The fraction of sp³-hybridized carbons (Fsp3) is 0.455. The number of hydrogen-bond donors (Lipinski definition) is 1. The summed E-state index contributed by atoms with van der Waals surface area (Å²) in [5.41, 5.74) is 0.450. The summed E-state index contributed by atoms with van der Waals surface area (Å²) in [6.45, 7) is 6.13. The topological polar surface area (TPSA) is 42.0 Å². The molecule has 1 aromatic rings. The molecule has 0 radical (unpaired) electrons. The van der Waals surface area contributed by atoms with E-state index >= 15 is 0 Å². The highest BCUT2D eigenvalue weighted by atomic mass is 79.9. The lowest BCUT2D eigenvalue weighted by Crippen LogP contribution is -2.36. The molecule has 0 bridgehead atoms. The van der Waals surface area contributed by atoms with Crippen molar-refractivity contribution in [3.63, 3.8) is 0 Å². The molecule has 4 heteroatoms. The lowest BCUT2D eigenvalue weighted by Gasteiger charge is -2.16. The summed E-state index contributed by atoms with van der Waals surface area (Å²) in [6.07, 6.45) is 1.62. The Morgan fingerprint density at radius 3 is 2.53 bits per heavy atom. The monoisotopic (exact) mass is 270 g/mol. The first-order chi connectivity index (χ1) is 7.00. The smallest absolute Gasteiger partial charge is 0.270 e. The van der Waals surface area contributed by atoms with Crippen molar-refractivity contribution in [2.45, 2.75) is 26.8 Å². The van der Waals surface area contributed by atoms with Gasteiger partial charge in [0.15, 0.2) is 0 Å². The number of rotatable bonds is 3. The molecular weight excluding hydrogens is 256 g/mol. The van der Waals surface area contributed by atoms with E-state index in [-0.39, 0.29) is 11.9 Å². The summed E-state index contributed by atoms with van der Waals surface area (Å²) in [5, 5.41) is 2.90. The third-order valence-electron chi connectivity index (χ3n) is 2.32. The fourth-order valence-corrected chi connectivity index (χ4v) is 1.19. The van der Waals surface area contributed by atoms with Crippen LogP contribution < -0.4 is 5.32 Å². The number of halogens is 1. The molecule has 0 aromatic carbocycles. The van der Waals surface area contributed by atoms with Crippen LogP contribution in [0.15, 0.2) is 22.8 Å². The minimum absolute atomic E-state index is 0.122. The first kappa shape index (κ1) is 12.2. The van der Waals surface area contributed by atoms with Crippen molar-refractivity contribution < 1.29 is 4.79 Å². The zero-order chi connectivity index (χ0) is 11.4. The molecule has 0 spiro atoms. The van der Waals surface area contributed by atoms with Crippen LogP contribution in [0.4, 0.5) is 0 Å². The predicted molar refractivity (Wildman–Crippen MR) is 63.7 cm³/mol. The lowest BCUT2D eigenvalue weighted by atomic mass is 10.1. The number of aromatic nitrogens is 1. The first-order valence-electron chi connectivity index (χ1n) is 4.93. The van der Waals surface area contributed by atoms with Gasteiger partial charge in [0.05, 0.1) is 0 Å². The average molecular weight is 271 g/mol. The molecule has 15 heavy (non-hydrogen) atoms. The zero-order valence-corrected chi connectivity index (χ0v) is 10.7. The van der Waals surface area contributed by atoms with Crippen LogP contribution in [0.3, 0.4) is 0 Å². The molecule has 0 aliphatic carbocycles. The van der Waals surface area contributed by atoms with E-state index < -0.39 is 0 Å². The first-order valence-corrected chi connectivity index (χ1v) is 5.72. The van der Waals surface area contributed by atoms with E-state index in [4.69, 9.17) is 0 Å². The average Bonchev–Trinajstić information content (AvgIpc) is 2.18. The number of nitrogens with one attached hydrogen (secondary N) is 1. The van der Waals surface area contributed by atoms with Crippen LogP contribution in [0.1, 0.15) is 31.3 Å². The van der Waals surface area contributed by atoms with Gasteiger partial charge in [-0.3, -0.25) is 4.79 Å². The quantitative estimate of drug-likeness (QED) is 0.918. The summed E-state index contributed by atoms with van der Waals surface area (Å²) in [5.74, 6) is 0.299. The van der Waals surface area contributed by atoms with E-state index in [1.165, 1.54) is 0 Å². The van der Waals surface area contributed by atoms with E-state index in [1.54, 1.807) is 12.3 Å². The number of carbonyl (C=O) groups is 1. The van der Waals surface area contributed by atoms with Gasteiger partial charge in [-0.1, -0.05) is 13.8 Å². The normalized spacial score (nSPS) is 12.6. The Hall–Kier alpha value is -0.900. The maximum absolute atomic E-state index is 11.7. The van der Waals surface area contributed by atoms with Gasteiger partial charge in [-0.25, -0.2) is 4.98 Å². The third kappa shape index (κ3) is 3.63. The van der Waals surface area contributed by atoms with Crippen molar-refractivity contribution >= 4 is 21.8 Å². The molecule has 1 rings (SSSR count). The predicted octanol–water partition coefficient (Wildman–Crippen LogP) is 2.62. The van der Waals surface area contributed by atoms with Crippen LogP contribution in [-0.4, -0.2) is 16.9 Å². The van der Waals surface area contributed by atoms with Crippen LogP contribution >= 0.6 is 15.9 Å². The largest absolute Gasteiger partial charge is 0.348 e. The van der Waals surface area contributed by atoms with Crippen molar-refractivity contribution in [2.75, 3.05) is 0 Å². The molecule has 1 N–H and O–H groups in total. The highest BCUT2D eigenvalue weighted by Crippen LogP contribution is 2.08. The number of nitrogens with zero attached hydrogens (tertiary/aromatic N) is 1. The van der Waals surface area contributed by atoms with E-state index in [0.717, 1.165) is 4.47 Å². The SMILES string of the molecule is CC(C)C(C)NC(=O)c1ccc(Br)cn1. The molecule has 1 atom stereocenters. The van der Waals surface area contributed by atoms with Gasteiger partial charge in [0.25, 0.3) is 5.91 Å². The summed E-state index contributed by atoms with van der Waals surface area (Å²) < 4.78 is 0.871. The highest BCUT2D eigenvalue weighted by molar-refractivity contribution is 9.10. The van der Waals surface area contributed by atoms with Crippen LogP contribution in [-0.2, 0) is 0 Å². The van der Waals surface area contributed by atoms with Crippen LogP contribution in [0.2, 0.25) is 0 Å². The molecule has 0 saturated carbocycles. The Labute approximate surface area is 98.4 Å². The summed E-state index contributed by atoms with van der Waals surface area (Å²) in [6, 6.07) is 3.66. The molecule has 0 saturated heterocycles. The standard InChI is InChI=1S/C11H15BrN2O/c1-7(2)8(3)14-11(15)10-5-4-9(12)6-13-10/h4-8H,1-3H3,(H,14,15). The number of carbonyl (C=O) groups excluding carboxylic acids is 1. The maximum Gasteiger partial charge on any atom is 0.270 e. The number of hydrogen-bond acceptors (Lipinski definition) is 2. The van der Waals surface area contributed by atoms with Gasteiger partial charge >= 0.3 is 0 Å². The van der Waals surface area contributed by atoms with Crippen LogP contribution in [0, 0.1) is 5.92 Å².